The molecular formula is C15H18N4O2S. The molecule has 0 fully saturated rings. The molecule has 1 aliphatic rings. The van der Waals surface area contributed by atoms with E-state index in [2.05, 4.69) is 16.4 Å². The van der Waals surface area contributed by atoms with Crippen LogP contribution in [0, 0.1) is 0 Å². The van der Waals surface area contributed by atoms with Gasteiger partial charge in [0.25, 0.3) is 0 Å². The van der Waals surface area contributed by atoms with Crippen LogP contribution in [-0.2, 0) is 22.6 Å². The molecule has 1 atom stereocenters. The van der Waals surface area contributed by atoms with E-state index in [0.717, 1.165) is 12.1 Å². The molecule has 7 heteroatoms. The van der Waals surface area contributed by atoms with Crippen LogP contribution in [0.3, 0.4) is 0 Å². The van der Waals surface area contributed by atoms with Gasteiger partial charge in [-0.2, -0.15) is 0 Å². The summed E-state index contributed by atoms with van der Waals surface area (Å²) in [5, 5.41) is 4.99. The topological polar surface area (TPSA) is 67.2 Å². The molecule has 2 amide bonds. The Kier molecular flexibility index (Phi) is 4.24. The van der Waals surface area contributed by atoms with Gasteiger partial charge >= 0.3 is 0 Å². The maximum absolute atomic E-state index is 12.5. The fraction of sp³-hybridized carbons (Fsp3) is 0.400. The summed E-state index contributed by atoms with van der Waals surface area (Å²) in [7, 11) is 0. The first-order chi connectivity index (χ1) is 10.6. The van der Waals surface area contributed by atoms with Crippen molar-refractivity contribution in [3.63, 3.8) is 0 Å². The van der Waals surface area contributed by atoms with Gasteiger partial charge in [0.1, 0.15) is 6.04 Å². The highest BCUT2D eigenvalue weighted by molar-refractivity contribution is 7.09. The molecular weight excluding hydrogens is 300 g/mol. The molecule has 1 N–H and O–H groups in total. The summed E-state index contributed by atoms with van der Waals surface area (Å²) in [6.45, 7) is 3.02. The SMILES string of the molecule is CC(=O)N1Cc2cncn2[C@@H](C(=O)NCCc2cccs2)C1. The molecule has 0 aromatic carbocycles. The number of carbonyl (C=O) groups is 2. The second-order valence-electron chi connectivity index (χ2n) is 5.33. The van der Waals surface area contributed by atoms with E-state index in [4.69, 9.17) is 0 Å². The number of fused-ring (bicyclic) bond motifs is 1. The third-order valence-electron chi connectivity index (χ3n) is 3.83. The zero-order valence-electron chi connectivity index (χ0n) is 12.4. The minimum absolute atomic E-state index is 0.0242. The minimum atomic E-state index is -0.404. The smallest absolute Gasteiger partial charge is 0.244 e. The summed E-state index contributed by atoms with van der Waals surface area (Å²) in [5.74, 6) is -0.0920. The first-order valence-corrected chi connectivity index (χ1v) is 8.09. The van der Waals surface area contributed by atoms with Gasteiger partial charge < -0.3 is 14.8 Å². The standard InChI is InChI=1S/C15H18N4O2S/c1-11(20)18-8-12-7-16-10-19(12)14(9-18)15(21)17-5-4-13-3-2-6-22-13/h2-3,6-7,10,14H,4-5,8-9H2,1H3,(H,17,21)/t14-/m1/s1. The second kappa shape index (κ2) is 6.31. The van der Waals surface area contributed by atoms with Crippen LogP contribution >= 0.6 is 11.3 Å². The minimum Gasteiger partial charge on any atom is -0.354 e. The van der Waals surface area contributed by atoms with E-state index in [1.807, 2.05) is 16.0 Å². The van der Waals surface area contributed by atoms with Crippen LogP contribution < -0.4 is 5.32 Å². The molecule has 116 valence electrons. The highest BCUT2D eigenvalue weighted by atomic mass is 32.1. The quantitative estimate of drug-likeness (QED) is 0.921. The first-order valence-electron chi connectivity index (χ1n) is 7.21. The summed E-state index contributed by atoms with van der Waals surface area (Å²) in [6, 6.07) is 3.66. The number of nitrogens with zero attached hydrogens (tertiary/aromatic N) is 3. The Bertz CT molecular complexity index is 665. The van der Waals surface area contributed by atoms with E-state index >= 15 is 0 Å². The summed E-state index contributed by atoms with van der Waals surface area (Å²) < 4.78 is 1.86. The van der Waals surface area contributed by atoms with Crippen LogP contribution in [0.2, 0.25) is 0 Å². The fourth-order valence-corrected chi connectivity index (χ4v) is 3.33. The summed E-state index contributed by atoms with van der Waals surface area (Å²) in [6.07, 6.45) is 4.20. The lowest BCUT2D eigenvalue weighted by atomic mass is 10.1. The lowest BCUT2D eigenvalue weighted by molar-refractivity contribution is -0.133. The number of carbonyl (C=O) groups excluding carboxylic acids is 2. The van der Waals surface area contributed by atoms with Crippen molar-refractivity contribution in [1.82, 2.24) is 19.8 Å². The largest absolute Gasteiger partial charge is 0.354 e. The molecule has 0 saturated carbocycles. The van der Waals surface area contributed by atoms with Gasteiger partial charge in [-0.05, 0) is 17.9 Å². The van der Waals surface area contributed by atoms with Crippen LogP contribution in [0.1, 0.15) is 23.5 Å². The molecule has 0 radical (unpaired) electrons. The van der Waals surface area contributed by atoms with Crippen molar-refractivity contribution in [2.24, 2.45) is 0 Å². The zero-order valence-corrected chi connectivity index (χ0v) is 13.2. The van der Waals surface area contributed by atoms with E-state index < -0.39 is 6.04 Å². The number of aromatic nitrogens is 2. The molecule has 3 rings (SSSR count). The molecule has 0 aliphatic carbocycles. The average molecular weight is 318 g/mol. The van der Waals surface area contributed by atoms with E-state index in [9.17, 15) is 9.59 Å². The Labute approximate surface area is 132 Å². The van der Waals surface area contributed by atoms with Crippen molar-refractivity contribution >= 4 is 23.2 Å². The molecule has 6 nitrogen and oxygen atoms in total. The third kappa shape index (κ3) is 3.04. The van der Waals surface area contributed by atoms with E-state index in [0.29, 0.717) is 19.6 Å². The Morgan fingerprint density at radius 2 is 2.36 bits per heavy atom. The summed E-state index contributed by atoms with van der Waals surface area (Å²) >= 11 is 1.69. The highest BCUT2D eigenvalue weighted by Gasteiger charge is 2.30. The normalized spacial score (nSPS) is 17.1. The van der Waals surface area contributed by atoms with Gasteiger partial charge in [-0.1, -0.05) is 6.07 Å². The van der Waals surface area contributed by atoms with Gasteiger partial charge in [-0.3, -0.25) is 9.59 Å². The Hall–Kier alpha value is -2.15. The number of thiophene rings is 1. The van der Waals surface area contributed by atoms with Crippen molar-refractivity contribution in [2.45, 2.75) is 25.9 Å². The fourth-order valence-electron chi connectivity index (χ4n) is 2.62. The Morgan fingerprint density at radius 1 is 1.50 bits per heavy atom. The van der Waals surface area contributed by atoms with Gasteiger partial charge in [0, 0.05) is 24.5 Å². The number of imidazole rings is 1. The number of amides is 2. The van der Waals surface area contributed by atoms with Gasteiger partial charge in [0.2, 0.25) is 11.8 Å². The van der Waals surface area contributed by atoms with E-state index in [-0.39, 0.29) is 11.8 Å². The molecule has 0 spiro atoms. The van der Waals surface area contributed by atoms with Crippen LogP contribution in [0.25, 0.3) is 0 Å². The van der Waals surface area contributed by atoms with Crippen molar-refractivity contribution in [1.29, 1.82) is 0 Å². The van der Waals surface area contributed by atoms with Crippen LogP contribution in [0.5, 0.6) is 0 Å². The monoisotopic (exact) mass is 318 g/mol. The van der Waals surface area contributed by atoms with Crippen molar-refractivity contribution in [3.05, 3.63) is 40.6 Å². The lowest BCUT2D eigenvalue weighted by Crippen LogP contribution is -2.46. The lowest BCUT2D eigenvalue weighted by Gasteiger charge is -2.33. The number of rotatable bonds is 4. The van der Waals surface area contributed by atoms with Gasteiger partial charge in [-0.25, -0.2) is 4.98 Å². The average Bonchev–Trinajstić information content (AvgIpc) is 3.16. The van der Waals surface area contributed by atoms with Gasteiger partial charge in [0.05, 0.1) is 25.1 Å². The molecule has 0 bridgehead atoms. The molecule has 2 aromatic heterocycles. The molecule has 22 heavy (non-hydrogen) atoms. The summed E-state index contributed by atoms with van der Waals surface area (Å²) in [4.78, 5) is 31.1. The zero-order chi connectivity index (χ0) is 15.5. The van der Waals surface area contributed by atoms with E-state index in [1.165, 1.54) is 11.8 Å². The number of hydrogen-bond donors (Lipinski definition) is 1. The third-order valence-corrected chi connectivity index (χ3v) is 4.76. The second-order valence-corrected chi connectivity index (χ2v) is 6.36. The van der Waals surface area contributed by atoms with Gasteiger partial charge in [0.15, 0.2) is 0 Å². The molecule has 1 aliphatic heterocycles. The van der Waals surface area contributed by atoms with Crippen LogP contribution in [0.4, 0.5) is 0 Å². The Balaban J connectivity index is 1.65. The Morgan fingerprint density at radius 3 is 3.09 bits per heavy atom. The maximum atomic E-state index is 12.5. The molecule has 0 unspecified atom stereocenters. The number of hydrogen-bond acceptors (Lipinski definition) is 4. The summed E-state index contributed by atoms with van der Waals surface area (Å²) in [5.41, 5.74) is 0.889. The maximum Gasteiger partial charge on any atom is 0.244 e. The highest BCUT2D eigenvalue weighted by Crippen LogP contribution is 2.21. The molecule has 2 aromatic rings. The predicted molar refractivity (Wildman–Crippen MR) is 83.4 cm³/mol. The molecule has 0 saturated heterocycles. The van der Waals surface area contributed by atoms with Gasteiger partial charge in [-0.15, -0.1) is 11.3 Å². The number of nitrogens with one attached hydrogen (secondary N) is 1. The van der Waals surface area contributed by atoms with Crippen LogP contribution in [-0.4, -0.2) is 39.4 Å². The predicted octanol–water partition coefficient (Wildman–Crippen LogP) is 1.21. The van der Waals surface area contributed by atoms with Crippen molar-refractivity contribution in [3.8, 4) is 0 Å². The molecule has 3 heterocycles. The first kappa shape index (κ1) is 14.8. The van der Waals surface area contributed by atoms with E-state index in [1.54, 1.807) is 28.8 Å². The van der Waals surface area contributed by atoms with Crippen molar-refractivity contribution < 1.29 is 9.59 Å². The van der Waals surface area contributed by atoms with Crippen molar-refractivity contribution in [2.75, 3.05) is 13.1 Å². The van der Waals surface area contributed by atoms with Crippen LogP contribution in [0.15, 0.2) is 30.0 Å².